The van der Waals surface area contributed by atoms with Crippen LogP contribution < -0.4 is 10.1 Å². The van der Waals surface area contributed by atoms with E-state index in [0.717, 1.165) is 5.69 Å². The molecule has 0 radical (unpaired) electrons. The Morgan fingerprint density at radius 2 is 1.81 bits per heavy atom. The molecule has 3 rings (SSSR count). The molecule has 1 saturated heterocycles. The van der Waals surface area contributed by atoms with Gasteiger partial charge in [0.25, 0.3) is 5.91 Å². The van der Waals surface area contributed by atoms with Crippen molar-refractivity contribution in [2.45, 2.75) is 12.8 Å². The quantitative estimate of drug-likeness (QED) is 0.861. The summed E-state index contributed by atoms with van der Waals surface area (Å²) in [6, 6.07) is 14.7. The lowest BCUT2D eigenvalue weighted by Gasteiger charge is -2.31. The van der Waals surface area contributed by atoms with Crippen LogP contribution in [0.2, 0.25) is 0 Å². The van der Waals surface area contributed by atoms with Gasteiger partial charge in [-0.2, -0.15) is 0 Å². The number of para-hydroxylation sites is 3. The van der Waals surface area contributed by atoms with Crippen molar-refractivity contribution < 1.29 is 19.4 Å². The Bertz CT molecular complexity index is 806. The Labute approximate surface area is 152 Å². The highest BCUT2D eigenvalue weighted by atomic mass is 16.5. The minimum absolute atomic E-state index is 0.158. The first kappa shape index (κ1) is 17.8. The number of ether oxygens (including phenoxy) is 1. The van der Waals surface area contributed by atoms with E-state index < -0.39 is 11.9 Å². The van der Waals surface area contributed by atoms with Gasteiger partial charge in [0.15, 0.2) is 0 Å². The summed E-state index contributed by atoms with van der Waals surface area (Å²) in [5.74, 6) is -0.822. The minimum Gasteiger partial charge on any atom is -0.495 e. The molecule has 0 saturated carbocycles. The number of hydrogen-bond acceptors (Lipinski definition) is 4. The zero-order chi connectivity index (χ0) is 18.5. The van der Waals surface area contributed by atoms with Crippen molar-refractivity contribution in [3.63, 3.8) is 0 Å². The molecule has 1 unspecified atom stereocenters. The van der Waals surface area contributed by atoms with Crippen molar-refractivity contribution >= 4 is 23.3 Å². The van der Waals surface area contributed by atoms with Gasteiger partial charge < -0.3 is 20.1 Å². The average molecular weight is 354 g/mol. The lowest BCUT2D eigenvalue weighted by atomic mass is 9.97. The van der Waals surface area contributed by atoms with Crippen LogP contribution in [0, 0.1) is 5.92 Å². The second-order valence-electron chi connectivity index (χ2n) is 6.30. The standard InChI is InChI=1S/C20H22N2O4/c1-26-18-11-5-4-10-17(18)21-16-9-3-2-8-15(16)19(23)22-12-6-7-14(13-22)20(24)25/h2-5,8-11,14,21H,6-7,12-13H2,1H3,(H,24,25). The second kappa shape index (κ2) is 7.91. The number of nitrogens with zero attached hydrogens (tertiary/aromatic N) is 1. The monoisotopic (exact) mass is 354 g/mol. The summed E-state index contributed by atoms with van der Waals surface area (Å²) in [6.45, 7) is 0.822. The minimum atomic E-state index is -0.845. The van der Waals surface area contributed by atoms with Gasteiger partial charge in [-0.15, -0.1) is 0 Å². The molecule has 0 aromatic heterocycles. The Morgan fingerprint density at radius 1 is 1.12 bits per heavy atom. The molecule has 1 aliphatic rings. The fourth-order valence-electron chi connectivity index (χ4n) is 3.21. The Kier molecular flexibility index (Phi) is 5.41. The van der Waals surface area contributed by atoms with Crippen molar-refractivity contribution in [1.29, 1.82) is 0 Å². The summed E-state index contributed by atoms with van der Waals surface area (Å²) in [6.07, 6.45) is 1.31. The molecule has 1 amide bonds. The number of rotatable bonds is 5. The summed E-state index contributed by atoms with van der Waals surface area (Å²) in [4.78, 5) is 25.9. The number of likely N-dealkylation sites (tertiary alicyclic amines) is 1. The second-order valence-corrected chi connectivity index (χ2v) is 6.30. The number of methoxy groups -OCH3 is 1. The van der Waals surface area contributed by atoms with Crippen molar-refractivity contribution in [2.24, 2.45) is 5.92 Å². The van der Waals surface area contributed by atoms with Gasteiger partial charge in [-0.05, 0) is 37.1 Å². The molecule has 26 heavy (non-hydrogen) atoms. The van der Waals surface area contributed by atoms with E-state index in [0.29, 0.717) is 36.4 Å². The van der Waals surface area contributed by atoms with Gasteiger partial charge in [-0.25, -0.2) is 0 Å². The number of nitrogens with one attached hydrogen (secondary N) is 1. The number of piperidine rings is 1. The predicted molar refractivity (Wildman–Crippen MR) is 99.0 cm³/mol. The van der Waals surface area contributed by atoms with Crippen LogP contribution in [0.25, 0.3) is 0 Å². The third-order valence-electron chi connectivity index (χ3n) is 4.59. The maximum absolute atomic E-state index is 13.0. The van der Waals surface area contributed by atoms with E-state index >= 15 is 0 Å². The molecule has 6 heteroatoms. The number of carboxylic acids is 1. The smallest absolute Gasteiger partial charge is 0.308 e. The SMILES string of the molecule is COc1ccccc1Nc1ccccc1C(=O)N1CCCC(C(=O)O)C1. The number of anilines is 2. The molecule has 1 heterocycles. The molecule has 0 bridgehead atoms. The summed E-state index contributed by atoms with van der Waals surface area (Å²) in [5.41, 5.74) is 1.95. The highest BCUT2D eigenvalue weighted by Gasteiger charge is 2.29. The van der Waals surface area contributed by atoms with Crippen molar-refractivity contribution in [3.05, 3.63) is 54.1 Å². The number of carboxylic acid groups (broad SMARTS) is 1. The molecular formula is C20H22N2O4. The molecule has 0 spiro atoms. The first-order chi connectivity index (χ1) is 12.6. The predicted octanol–water partition coefficient (Wildman–Crippen LogP) is 3.38. The molecule has 1 atom stereocenters. The Morgan fingerprint density at radius 3 is 2.54 bits per heavy atom. The van der Waals surface area contributed by atoms with Crippen LogP contribution in [0.3, 0.4) is 0 Å². The highest BCUT2D eigenvalue weighted by Crippen LogP contribution is 2.30. The van der Waals surface area contributed by atoms with Crippen LogP contribution in [0.4, 0.5) is 11.4 Å². The number of carbonyl (C=O) groups excluding carboxylic acids is 1. The van der Waals surface area contributed by atoms with Gasteiger partial charge in [0.1, 0.15) is 5.75 Å². The lowest BCUT2D eigenvalue weighted by Crippen LogP contribution is -2.42. The molecule has 2 aromatic rings. The van der Waals surface area contributed by atoms with E-state index in [4.69, 9.17) is 4.74 Å². The molecule has 2 aromatic carbocycles. The van der Waals surface area contributed by atoms with E-state index in [1.807, 2.05) is 36.4 Å². The molecule has 0 aliphatic carbocycles. The van der Waals surface area contributed by atoms with E-state index in [-0.39, 0.29) is 12.5 Å². The van der Waals surface area contributed by atoms with Crippen LogP contribution in [0.15, 0.2) is 48.5 Å². The van der Waals surface area contributed by atoms with Crippen LogP contribution in [0.5, 0.6) is 5.75 Å². The van der Waals surface area contributed by atoms with Gasteiger partial charge in [0, 0.05) is 13.1 Å². The van der Waals surface area contributed by atoms with E-state index in [1.165, 1.54) is 0 Å². The van der Waals surface area contributed by atoms with Gasteiger partial charge in [0.2, 0.25) is 0 Å². The summed E-state index contributed by atoms with van der Waals surface area (Å²) in [7, 11) is 1.59. The normalized spacial score (nSPS) is 16.8. The number of hydrogen-bond donors (Lipinski definition) is 2. The van der Waals surface area contributed by atoms with E-state index in [9.17, 15) is 14.7 Å². The van der Waals surface area contributed by atoms with Crippen LogP contribution in [-0.4, -0.2) is 42.1 Å². The maximum Gasteiger partial charge on any atom is 0.308 e. The molecule has 136 valence electrons. The van der Waals surface area contributed by atoms with Gasteiger partial charge in [-0.1, -0.05) is 24.3 Å². The topological polar surface area (TPSA) is 78.9 Å². The van der Waals surface area contributed by atoms with E-state index in [2.05, 4.69) is 5.32 Å². The largest absolute Gasteiger partial charge is 0.495 e. The van der Waals surface area contributed by atoms with Crippen molar-refractivity contribution in [2.75, 3.05) is 25.5 Å². The Balaban J connectivity index is 1.85. The van der Waals surface area contributed by atoms with Gasteiger partial charge >= 0.3 is 5.97 Å². The third-order valence-corrected chi connectivity index (χ3v) is 4.59. The van der Waals surface area contributed by atoms with Crippen LogP contribution in [0.1, 0.15) is 23.2 Å². The molecular weight excluding hydrogens is 332 g/mol. The zero-order valence-corrected chi connectivity index (χ0v) is 14.6. The first-order valence-corrected chi connectivity index (χ1v) is 8.61. The maximum atomic E-state index is 13.0. The average Bonchev–Trinajstić information content (AvgIpc) is 2.68. The van der Waals surface area contributed by atoms with Crippen molar-refractivity contribution in [3.8, 4) is 5.75 Å². The number of benzene rings is 2. The first-order valence-electron chi connectivity index (χ1n) is 8.61. The molecule has 1 aliphatic heterocycles. The summed E-state index contributed by atoms with van der Waals surface area (Å²) >= 11 is 0. The summed E-state index contributed by atoms with van der Waals surface area (Å²) in [5, 5.41) is 12.5. The van der Waals surface area contributed by atoms with Crippen LogP contribution in [-0.2, 0) is 4.79 Å². The van der Waals surface area contributed by atoms with Gasteiger partial charge in [-0.3, -0.25) is 9.59 Å². The highest BCUT2D eigenvalue weighted by molar-refractivity contribution is 6.00. The summed E-state index contributed by atoms with van der Waals surface area (Å²) < 4.78 is 5.35. The fourth-order valence-corrected chi connectivity index (χ4v) is 3.21. The van der Waals surface area contributed by atoms with E-state index in [1.54, 1.807) is 24.1 Å². The van der Waals surface area contributed by atoms with Crippen LogP contribution >= 0.6 is 0 Å². The molecule has 6 nitrogen and oxygen atoms in total. The number of amides is 1. The number of aliphatic carboxylic acids is 1. The zero-order valence-electron chi connectivity index (χ0n) is 14.6. The van der Waals surface area contributed by atoms with Gasteiger partial charge in [0.05, 0.1) is 30.0 Å². The fraction of sp³-hybridized carbons (Fsp3) is 0.300. The molecule has 2 N–H and O–H groups in total. The Hall–Kier alpha value is -3.02. The molecule has 1 fully saturated rings. The van der Waals surface area contributed by atoms with Crippen molar-refractivity contribution in [1.82, 2.24) is 4.90 Å². The number of carbonyl (C=O) groups is 2. The lowest BCUT2D eigenvalue weighted by molar-refractivity contribution is -0.143. The third kappa shape index (κ3) is 3.79.